The lowest BCUT2D eigenvalue weighted by molar-refractivity contribution is -0.126. The van der Waals surface area contributed by atoms with Gasteiger partial charge in [0.05, 0.1) is 6.04 Å². The lowest BCUT2D eigenvalue weighted by Crippen LogP contribution is -2.38. The molecule has 1 aliphatic heterocycles. The SMILES string of the molecule is CC#CC(=O)N1CCC(n2nc(-c3ccc(Oc4ccccc4)cc3)c(C(N)=O)c2N)CC1. The minimum absolute atomic E-state index is 0.0452. The number of hydrogen-bond acceptors (Lipinski definition) is 5. The molecule has 1 aliphatic rings. The highest BCUT2D eigenvalue weighted by atomic mass is 16.5. The third-order valence-electron chi connectivity index (χ3n) is 5.63. The molecule has 168 valence electrons. The third-order valence-corrected chi connectivity index (χ3v) is 5.63. The van der Waals surface area contributed by atoms with Crippen molar-refractivity contribution in [3.63, 3.8) is 0 Å². The number of ether oxygens (including phenoxy) is 1. The highest BCUT2D eigenvalue weighted by Crippen LogP contribution is 2.33. The van der Waals surface area contributed by atoms with Crippen molar-refractivity contribution in [3.8, 4) is 34.6 Å². The molecule has 0 saturated carbocycles. The van der Waals surface area contributed by atoms with E-state index in [9.17, 15) is 9.59 Å². The summed E-state index contributed by atoms with van der Waals surface area (Å²) in [5.41, 5.74) is 13.3. The molecule has 1 fully saturated rings. The highest BCUT2D eigenvalue weighted by Gasteiger charge is 2.29. The van der Waals surface area contributed by atoms with Gasteiger partial charge in [0.15, 0.2) is 0 Å². The molecule has 0 aliphatic carbocycles. The van der Waals surface area contributed by atoms with Crippen LogP contribution in [-0.4, -0.2) is 39.6 Å². The standard InChI is InChI=1S/C25H25N5O3/c1-2-6-21(31)29-15-13-18(14-16-29)30-24(26)22(25(27)32)23(28-30)17-9-11-20(12-10-17)33-19-7-4-3-5-8-19/h3-5,7-12,18H,13-16,26H2,1H3,(H2,27,32). The molecule has 8 nitrogen and oxygen atoms in total. The Morgan fingerprint density at radius 3 is 2.27 bits per heavy atom. The van der Waals surface area contributed by atoms with Gasteiger partial charge < -0.3 is 21.1 Å². The van der Waals surface area contributed by atoms with E-state index in [1.807, 2.05) is 42.5 Å². The number of hydrogen-bond donors (Lipinski definition) is 2. The van der Waals surface area contributed by atoms with Gasteiger partial charge in [-0.2, -0.15) is 5.10 Å². The molecular formula is C25H25N5O3. The molecule has 0 spiro atoms. The fourth-order valence-corrected chi connectivity index (χ4v) is 3.98. The summed E-state index contributed by atoms with van der Waals surface area (Å²) in [5, 5.41) is 4.66. The van der Waals surface area contributed by atoms with Gasteiger partial charge in [-0.3, -0.25) is 9.59 Å². The smallest absolute Gasteiger partial charge is 0.298 e. The first kappa shape index (κ1) is 22.0. The quantitative estimate of drug-likeness (QED) is 0.588. The molecule has 0 unspecified atom stereocenters. The zero-order valence-electron chi connectivity index (χ0n) is 18.3. The lowest BCUT2D eigenvalue weighted by Gasteiger charge is -2.31. The van der Waals surface area contributed by atoms with Crippen molar-refractivity contribution in [3.05, 3.63) is 60.2 Å². The minimum atomic E-state index is -0.635. The van der Waals surface area contributed by atoms with Crippen molar-refractivity contribution in [1.82, 2.24) is 14.7 Å². The van der Waals surface area contributed by atoms with Crippen LogP contribution >= 0.6 is 0 Å². The van der Waals surface area contributed by atoms with Crippen LogP contribution in [0.15, 0.2) is 54.6 Å². The fourth-order valence-electron chi connectivity index (χ4n) is 3.98. The van der Waals surface area contributed by atoms with Crippen LogP contribution in [-0.2, 0) is 4.79 Å². The van der Waals surface area contributed by atoms with Crippen LogP contribution in [0, 0.1) is 11.8 Å². The number of nitrogens with two attached hydrogens (primary N) is 2. The summed E-state index contributed by atoms with van der Waals surface area (Å²) in [6.07, 6.45) is 1.31. The van der Waals surface area contributed by atoms with E-state index >= 15 is 0 Å². The van der Waals surface area contributed by atoms with Crippen LogP contribution < -0.4 is 16.2 Å². The second kappa shape index (κ2) is 9.49. The average Bonchev–Trinajstić information content (AvgIpc) is 3.18. The number of nitrogens with zero attached hydrogens (tertiary/aromatic N) is 3. The average molecular weight is 444 g/mol. The number of primary amides is 1. The largest absolute Gasteiger partial charge is 0.457 e. The normalized spacial score (nSPS) is 13.8. The molecule has 3 aromatic rings. The summed E-state index contributed by atoms with van der Waals surface area (Å²) in [6, 6.07) is 16.7. The summed E-state index contributed by atoms with van der Waals surface area (Å²) in [5.74, 6) is 6.01. The maximum Gasteiger partial charge on any atom is 0.298 e. The summed E-state index contributed by atoms with van der Waals surface area (Å²) in [4.78, 5) is 26.0. The molecule has 0 radical (unpaired) electrons. The lowest BCUT2D eigenvalue weighted by atomic mass is 10.0. The number of para-hydroxylation sites is 1. The van der Waals surface area contributed by atoms with Gasteiger partial charge >= 0.3 is 0 Å². The predicted octanol–water partition coefficient (Wildman–Crippen LogP) is 3.21. The number of likely N-dealkylation sites (tertiary alicyclic amines) is 1. The molecule has 33 heavy (non-hydrogen) atoms. The molecule has 8 heteroatoms. The predicted molar refractivity (Wildman–Crippen MR) is 125 cm³/mol. The van der Waals surface area contributed by atoms with Crippen LogP contribution in [0.3, 0.4) is 0 Å². The van der Waals surface area contributed by atoms with Crippen LogP contribution in [0.25, 0.3) is 11.3 Å². The number of amides is 2. The van der Waals surface area contributed by atoms with Gasteiger partial charge in [-0.25, -0.2) is 4.68 Å². The Labute approximate surface area is 192 Å². The van der Waals surface area contributed by atoms with E-state index < -0.39 is 5.91 Å². The minimum Gasteiger partial charge on any atom is -0.457 e. The van der Waals surface area contributed by atoms with E-state index in [0.717, 1.165) is 5.75 Å². The zero-order valence-corrected chi connectivity index (χ0v) is 18.3. The first-order chi connectivity index (χ1) is 16.0. The summed E-state index contributed by atoms with van der Waals surface area (Å²) >= 11 is 0. The van der Waals surface area contributed by atoms with E-state index in [-0.39, 0.29) is 23.3 Å². The van der Waals surface area contributed by atoms with Crippen LogP contribution in [0.5, 0.6) is 11.5 Å². The molecule has 1 saturated heterocycles. The van der Waals surface area contributed by atoms with Gasteiger partial charge in [-0.1, -0.05) is 24.1 Å². The Morgan fingerprint density at radius 1 is 1.03 bits per heavy atom. The van der Waals surface area contributed by atoms with Crippen molar-refractivity contribution < 1.29 is 14.3 Å². The first-order valence-electron chi connectivity index (χ1n) is 10.7. The molecule has 0 atom stereocenters. The van der Waals surface area contributed by atoms with Crippen molar-refractivity contribution in [2.45, 2.75) is 25.8 Å². The summed E-state index contributed by atoms with van der Waals surface area (Å²) in [6.45, 7) is 2.73. The van der Waals surface area contributed by atoms with Gasteiger partial charge in [0, 0.05) is 18.7 Å². The summed E-state index contributed by atoms with van der Waals surface area (Å²) in [7, 11) is 0. The molecular weight excluding hydrogens is 418 g/mol. The highest BCUT2D eigenvalue weighted by molar-refractivity contribution is 6.03. The fraction of sp³-hybridized carbons (Fsp3) is 0.240. The van der Waals surface area contributed by atoms with E-state index in [0.29, 0.717) is 42.9 Å². The molecule has 4 N–H and O–H groups in total. The topological polar surface area (TPSA) is 116 Å². The molecule has 2 amide bonds. The Hall–Kier alpha value is -4.25. The number of rotatable bonds is 5. The maximum absolute atomic E-state index is 12.2. The van der Waals surface area contributed by atoms with E-state index in [1.165, 1.54) is 0 Å². The van der Waals surface area contributed by atoms with Gasteiger partial charge in [-0.15, -0.1) is 0 Å². The number of piperidine rings is 1. The van der Waals surface area contributed by atoms with Crippen molar-refractivity contribution in [1.29, 1.82) is 0 Å². The Morgan fingerprint density at radius 2 is 1.67 bits per heavy atom. The molecule has 2 aromatic carbocycles. The van der Waals surface area contributed by atoms with Gasteiger partial charge in [0.1, 0.15) is 28.6 Å². The number of anilines is 1. The first-order valence-corrected chi connectivity index (χ1v) is 10.7. The van der Waals surface area contributed by atoms with E-state index in [2.05, 4.69) is 16.9 Å². The van der Waals surface area contributed by atoms with Crippen molar-refractivity contribution in [2.75, 3.05) is 18.8 Å². The van der Waals surface area contributed by atoms with Gasteiger partial charge in [0.25, 0.3) is 11.8 Å². The maximum atomic E-state index is 12.2. The number of carbonyl (C=O) groups excluding carboxylic acids is 2. The van der Waals surface area contributed by atoms with Crippen molar-refractivity contribution in [2.24, 2.45) is 5.73 Å². The number of aromatic nitrogens is 2. The van der Waals surface area contributed by atoms with Gasteiger partial charge in [-0.05, 0) is 62.1 Å². The second-order valence-electron chi connectivity index (χ2n) is 7.76. The zero-order chi connectivity index (χ0) is 23.4. The molecule has 1 aromatic heterocycles. The van der Waals surface area contributed by atoms with Gasteiger partial charge in [0.2, 0.25) is 0 Å². The van der Waals surface area contributed by atoms with E-state index in [1.54, 1.807) is 28.6 Å². The Bertz CT molecular complexity index is 1210. The molecule has 2 heterocycles. The number of carbonyl (C=O) groups is 2. The van der Waals surface area contributed by atoms with Crippen LogP contribution in [0.4, 0.5) is 5.82 Å². The Balaban J connectivity index is 1.57. The molecule has 4 rings (SSSR count). The van der Waals surface area contributed by atoms with E-state index in [4.69, 9.17) is 16.2 Å². The van der Waals surface area contributed by atoms with Crippen molar-refractivity contribution >= 4 is 17.6 Å². The second-order valence-corrected chi connectivity index (χ2v) is 7.76. The number of nitrogen functional groups attached to an aromatic ring is 1. The number of benzene rings is 2. The van der Waals surface area contributed by atoms with Crippen LogP contribution in [0.1, 0.15) is 36.2 Å². The summed E-state index contributed by atoms with van der Waals surface area (Å²) < 4.78 is 7.50. The Kier molecular flexibility index (Phi) is 6.31. The van der Waals surface area contributed by atoms with Crippen LogP contribution in [0.2, 0.25) is 0 Å². The third kappa shape index (κ3) is 4.67. The molecule has 0 bridgehead atoms. The monoisotopic (exact) mass is 443 g/mol.